The smallest absolute Gasteiger partial charge is 0.251 e. The normalized spacial score (nSPS) is 15.9. The lowest BCUT2D eigenvalue weighted by Gasteiger charge is -2.21. The molecule has 18 heavy (non-hydrogen) atoms. The zero-order valence-electron chi connectivity index (χ0n) is 10.4. The lowest BCUT2D eigenvalue weighted by molar-refractivity contribution is 0.0943. The van der Waals surface area contributed by atoms with Crippen LogP contribution in [0.15, 0.2) is 18.3 Å². The molecule has 1 fully saturated rings. The van der Waals surface area contributed by atoms with Gasteiger partial charge in [-0.25, -0.2) is 4.98 Å². The molecule has 4 nitrogen and oxygen atoms in total. The molecule has 0 saturated heterocycles. The number of amides is 1. The molecule has 0 aliphatic heterocycles. The molecule has 1 saturated carbocycles. The lowest BCUT2D eigenvalue weighted by atomic mass is 9.89. The van der Waals surface area contributed by atoms with E-state index in [1.54, 1.807) is 6.07 Å². The molecule has 1 amide bonds. The Labute approximate surface area is 107 Å². The van der Waals surface area contributed by atoms with E-state index in [0.29, 0.717) is 11.5 Å². The number of carbonyl (C=O) groups is 1. The van der Waals surface area contributed by atoms with Crippen LogP contribution in [0.25, 0.3) is 0 Å². The van der Waals surface area contributed by atoms with Gasteiger partial charge >= 0.3 is 0 Å². The van der Waals surface area contributed by atoms with Crippen LogP contribution in [0.4, 0.5) is 0 Å². The number of hydrogen-bond donors (Lipinski definition) is 1. The van der Waals surface area contributed by atoms with Crippen LogP contribution in [0.1, 0.15) is 48.2 Å². The van der Waals surface area contributed by atoms with Crippen molar-refractivity contribution < 1.29 is 4.79 Å². The van der Waals surface area contributed by atoms with Crippen LogP contribution < -0.4 is 5.32 Å². The van der Waals surface area contributed by atoms with Gasteiger partial charge in [-0.2, -0.15) is 5.26 Å². The second-order valence-corrected chi connectivity index (χ2v) is 4.76. The number of rotatable bonds is 3. The van der Waals surface area contributed by atoms with E-state index in [0.717, 1.165) is 6.54 Å². The monoisotopic (exact) mass is 243 g/mol. The number of pyridine rings is 1. The van der Waals surface area contributed by atoms with E-state index in [2.05, 4.69) is 10.3 Å². The third-order valence-electron chi connectivity index (χ3n) is 3.41. The maximum atomic E-state index is 11.9. The van der Waals surface area contributed by atoms with Crippen molar-refractivity contribution in [2.45, 2.75) is 32.1 Å². The van der Waals surface area contributed by atoms with E-state index in [9.17, 15) is 4.79 Å². The van der Waals surface area contributed by atoms with Crippen molar-refractivity contribution in [3.8, 4) is 6.07 Å². The van der Waals surface area contributed by atoms with E-state index >= 15 is 0 Å². The first-order chi connectivity index (χ1) is 8.79. The van der Waals surface area contributed by atoms with Gasteiger partial charge in [-0.15, -0.1) is 0 Å². The van der Waals surface area contributed by atoms with Crippen molar-refractivity contribution in [1.29, 1.82) is 5.26 Å². The topological polar surface area (TPSA) is 65.8 Å². The highest BCUT2D eigenvalue weighted by atomic mass is 16.1. The Kier molecular flexibility index (Phi) is 4.30. The Hall–Kier alpha value is -1.89. The van der Waals surface area contributed by atoms with E-state index < -0.39 is 0 Å². The standard InChI is InChI=1S/C14H17N3O/c15-9-13-8-12(6-7-16-13)14(18)17-10-11-4-2-1-3-5-11/h6-8,11H,1-5,10H2,(H,17,18). The minimum atomic E-state index is -0.112. The molecule has 2 rings (SSSR count). The first-order valence-electron chi connectivity index (χ1n) is 6.44. The highest BCUT2D eigenvalue weighted by molar-refractivity contribution is 5.94. The quantitative estimate of drug-likeness (QED) is 0.885. The molecule has 1 heterocycles. The Morgan fingerprint density at radius 1 is 1.44 bits per heavy atom. The van der Waals surface area contributed by atoms with Crippen molar-refractivity contribution in [2.75, 3.05) is 6.54 Å². The maximum Gasteiger partial charge on any atom is 0.251 e. The van der Waals surface area contributed by atoms with Crippen LogP contribution in [-0.2, 0) is 0 Å². The Morgan fingerprint density at radius 2 is 2.22 bits per heavy atom. The predicted molar refractivity (Wildman–Crippen MR) is 67.9 cm³/mol. The molecule has 1 aromatic rings. The highest BCUT2D eigenvalue weighted by Crippen LogP contribution is 2.22. The van der Waals surface area contributed by atoms with Crippen LogP contribution in [0.3, 0.4) is 0 Å². The van der Waals surface area contributed by atoms with Gasteiger partial charge < -0.3 is 5.32 Å². The third-order valence-corrected chi connectivity index (χ3v) is 3.41. The summed E-state index contributed by atoms with van der Waals surface area (Å²) in [5.41, 5.74) is 0.790. The van der Waals surface area contributed by atoms with Crippen molar-refractivity contribution in [3.63, 3.8) is 0 Å². The van der Waals surface area contributed by atoms with Crippen LogP contribution in [0, 0.1) is 17.2 Å². The number of carbonyl (C=O) groups excluding carboxylic acids is 1. The van der Waals surface area contributed by atoms with Gasteiger partial charge in [0.15, 0.2) is 0 Å². The molecule has 4 heteroatoms. The van der Waals surface area contributed by atoms with Gasteiger partial charge in [-0.3, -0.25) is 4.79 Å². The minimum absolute atomic E-state index is 0.112. The number of nitrogens with one attached hydrogen (secondary N) is 1. The second kappa shape index (κ2) is 6.15. The second-order valence-electron chi connectivity index (χ2n) is 4.76. The Bertz CT molecular complexity index is 458. The Balaban J connectivity index is 1.89. The summed E-state index contributed by atoms with van der Waals surface area (Å²) in [6.07, 6.45) is 7.78. The van der Waals surface area contributed by atoms with Crippen molar-refractivity contribution in [3.05, 3.63) is 29.6 Å². The zero-order chi connectivity index (χ0) is 12.8. The molecular weight excluding hydrogens is 226 g/mol. The third kappa shape index (κ3) is 3.30. The fourth-order valence-corrected chi connectivity index (χ4v) is 2.36. The summed E-state index contributed by atoms with van der Waals surface area (Å²) in [5.74, 6) is 0.499. The molecule has 0 unspecified atom stereocenters. The minimum Gasteiger partial charge on any atom is -0.352 e. The number of hydrogen-bond acceptors (Lipinski definition) is 3. The van der Waals surface area contributed by atoms with E-state index in [1.807, 2.05) is 6.07 Å². The summed E-state index contributed by atoms with van der Waals surface area (Å²) in [7, 11) is 0. The largest absolute Gasteiger partial charge is 0.352 e. The first-order valence-corrected chi connectivity index (χ1v) is 6.44. The van der Waals surface area contributed by atoms with Gasteiger partial charge in [0.25, 0.3) is 5.91 Å². The molecule has 1 aromatic heterocycles. The fourth-order valence-electron chi connectivity index (χ4n) is 2.36. The van der Waals surface area contributed by atoms with Gasteiger partial charge in [0.05, 0.1) is 0 Å². The molecule has 94 valence electrons. The van der Waals surface area contributed by atoms with Gasteiger partial charge in [-0.1, -0.05) is 19.3 Å². The average molecular weight is 243 g/mol. The molecule has 0 radical (unpaired) electrons. The van der Waals surface area contributed by atoms with Crippen LogP contribution in [-0.4, -0.2) is 17.4 Å². The molecule has 1 N–H and O–H groups in total. The molecule has 1 aliphatic rings. The van der Waals surface area contributed by atoms with Gasteiger partial charge in [0, 0.05) is 18.3 Å². The number of nitriles is 1. The summed E-state index contributed by atoms with van der Waals surface area (Å²) >= 11 is 0. The molecular formula is C14H17N3O. The van der Waals surface area contributed by atoms with Crippen LogP contribution in [0.2, 0.25) is 0 Å². The van der Waals surface area contributed by atoms with Gasteiger partial charge in [-0.05, 0) is 30.9 Å². The lowest BCUT2D eigenvalue weighted by Crippen LogP contribution is -2.30. The molecule has 0 bridgehead atoms. The summed E-state index contributed by atoms with van der Waals surface area (Å²) < 4.78 is 0. The van der Waals surface area contributed by atoms with E-state index in [4.69, 9.17) is 5.26 Å². The zero-order valence-corrected chi connectivity index (χ0v) is 10.4. The summed E-state index contributed by atoms with van der Waals surface area (Å²) in [6.45, 7) is 0.739. The molecule has 1 aliphatic carbocycles. The molecule has 0 aromatic carbocycles. The fraction of sp³-hybridized carbons (Fsp3) is 0.500. The van der Waals surface area contributed by atoms with Crippen molar-refractivity contribution in [2.24, 2.45) is 5.92 Å². The highest BCUT2D eigenvalue weighted by Gasteiger charge is 2.15. The van der Waals surface area contributed by atoms with Crippen LogP contribution in [0.5, 0.6) is 0 Å². The van der Waals surface area contributed by atoms with Gasteiger partial charge in [0.1, 0.15) is 11.8 Å². The van der Waals surface area contributed by atoms with Gasteiger partial charge in [0.2, 0.25) is 0 Å². The SMILES string of the molecule is N#Cc1cc(C(=O)NCC2CCCCC2)ccn1. The first kappa shape index (κ1) is 12.6. The van der Waals surface area contributed by atoms with Crippen molar-refractivity contribution in [1.82, 2.24) is 10.3 Å². The number of aromatic nitrogens is 1. The maximum absolute atomic E-state index is 11.9. The predicted octanol–water partition coefficient (Wildman–Crippen LogP) is 2.26. The molecule has 0 atom stereocenters. The summed E-state index contributed by atoms with van der Waals surface area (Å²) in [5, 5.41) is 11.7. The summed E-state index contributed by atoms with van der Waals surface area (Å²) in [4.78, 5) is 15.8. The van der Waals surface area contributed by atoms with Crippen LogP contribution >= 0.6 is 0 Å². The summed E-state index contributed by atoms with van der Waals surface area (Å²) in [6, 6.07) is 5.10. The number of nitrogens with zero attached hydrogens (tertiary/aromatic N) is 2. The van der Waals surface area contributed by atoms with Crippen molar-refractivity contribution >= 4 is 5.91 Å². The molecule has 0 spiro atoms. The average Bonchev–Trinajstić information content (AvgIpc) is 2.46. The Morgan fingerprint density at radius 3 is 2.94 bits per heavy atom. The van der Waals surface area contributed by atoms with E-state index in [1.165, 1.54) is 44.4 Å². The van der Waals surface area contributed by atoms with E-state index in [-0.39, 0.29) is 11.6 Å².